The van der Waals surface area contributed by atoms with Crippen LogP contribution in [0.1, 0.15) is 99.8 Å². The minimum atomic E-state index is 0. The Balaban J connectivity index is 0.000000409. The predicted octanol–water partition coefficient (Wildman–Crippen LogP) is 8.29. The van der Waals surface area contributed by atoms with E-state index in [4.69, 9.17) is 0 Å². The molecule has 0 spiro atoms. The molecule has 1 fully saturated rings. The Morgan fingerprint density at radius 1 is 1.09 bits per heavy atom. The number of ketones is 1. The Hall–Kier alpha value is -2.19. The van der Waals surface area contributed by atoms with Crippen molar-refractivity contribution in [3.8, 4) is 0 Å². The summed E-state index contributed by atoms with van der Waals surface area (Å²) in [5.74, 6) is 2.97. The van der Waals surface area contributed by atoms with Gasteiger partial charge in [0.15, 0.2) is 5.78 Å². The molecule has 0 aromatic heterocycles. The normalized spacial score (nSPS) is 21.3. The van der Waals surface area contributed by atoms with Crippen LogP contribution in [0.4, 0.5) is 0 Å². The molecular weight excluding hydrogens is 414 g/mol. The third kappa shape index (κ3) is 7.67. The maximum absolute atomic E-state index is 12.4. The molecule has 34 heavy (non-hydrogen) atoms. The average Bonchev–Trinajstić information content (AvgIpc) is 3.31. The number of rotatable bonds is 9. The van der Waals surface area contributed by atoms with Gasteiger partial charge in [-0.25, -0.2) is 0 Å². The van der Waals surface area contributed by atoms with Crippen molar-refractivity contribution < 1.29 is 6.22 Å². The first-order chi connectivity index (χ1) is 16.5. The lowest BCUT2D eigenvalue weighted by Gasteiger charge is -2.25. The van der Waals surface area contributed by atoms with Crippen molar-refractivity contribution >= 4 is 11.9 Å². The van der Waals surface area contributed by atoms with E-state index < -0.39 is 0 Å². The highest BCUT2D eigenvalue weighted by molar-refractivity contribution is 5.96. The van der Waals surface area contributed by atoms with Gasteiger partial charge in [0.25, 0.3) is 0 Å². The maximum Gasteiger partial charge on any atom is 0.162 e. The van der Waals surface area contributed by atoms with Gasteiger partial charge in [-0.2, -0.15) is 0 Å². The second kappa shape index (κ2) is 13.6. The van der Waals surface area contributed by atoms with E-state index >= 15 is 0 Å². The lowest BCUT2D eigenvalue weighted by atomic mass is 9.80. The molecule has 1 N–H and O–H groups in total. The third-order valence-corrected chi connectivity index (χ3v) is 7.99. The van der Waals surface area contributed by atoms with Crippen molar-refractivity contribution in [1.82, 2.24) is 5.32 Å². The molecule has 0 radical (unpaired) electrons. The van der Waals surface area contributed by atoms with Crippen LogP contribution in [0.5, 0.6) is 0 Å². The number of aryl methyl sites for hydroxylation is 1. The third-order valence-electron chi connectivity index (χ3n) is 7.99. The van der Waals surface area contributed by atoms with E-state index in [1.807, 2.05) is 24.3 Å². The molecule has 0 saturated heterocycles. The van der Waals surface area contributed by atoms with Gasteiger partial charge in [0, 0.05) is 20.0 Å². The van der Waals surface area contributed by atoms with Gasteiger partial charge in [-0.1, -0.05) is 102 Å². The number of hydrogen-bond acceptors (Lipinski definition) is 2. The Morgan fingerprint density at radius 2 is 1.88 bits per heavy atom. The summed E-state index contributed by atoms with van der Waals surface area (Å²) < 4.78 is 0. The van der Waals surface area contributed by atoms with Crippen molar-refractivity contribution in [1.29, 1.82) is 0 Å². The molecule has 2 aliphatic rings. The highest BCUT2D eigenvalue weighted by Crippen LogP contribution is 2.33. The van der Waals surface area contributed by atoms with Crippen LogP contribution in [0, 0.1) is 17.8 Å². The molecule has 1 saturated carbocycles. The van der Waals surface area contributed by atoms with E-state index in [0.717, 1.165) is 55.3 Å². The fourth-order valence-electron chi connectivity index (χ4n) is 5.62. The topological polar surface area (TPSA) is 29.1 Å². The Kier molecular flexibility index (Phi) is 10.6. The van der Waals surface area contributed by atoms with Crippen molar-refractivity contribution in [2.24, 2.45) is 17.8 Å². The highest BCUT2D eigenvalue weighted by Gasteiger charge is 2.21. The Labute approximate surface area is 209 Å². The summed E-state index contributed by atoms with van der Waals surface area (Å²) in [5, 5.41) is 3.39. The standard InChI is InChI=1S/C24H29NO.C8H16.H2/c1-3-18-5-10-21(11-6-18)24(26)14-9-19-7-12-23-16-20(17-25-4-2)8-13-22(23)15-19;1-3-8-6-4-5-7(8)2;/h3,5-6,8,10-11,13,16,19,25H,1,4,7,9,12,14-15,17H2,2H3;7-8H,3-6H2,1-2H3;1H/t19-;7?,8-;/m11./s1. The zero-order valence-corrected chi connectivity index (χ0v) is 21.7. The lowest BCUT2D eigenvalue weighted by Crippen LogP contribution is -2.17. The van der Waals surface area contributed by atoms with Crippen LogP contribution in [0.25, 0.3) is 6.08 Å². The molecule has 0 bridgehead atoms. The average molecular weight is 462 g/mol. The van der Waals surface area contributed by atoms with Gasteiger partial charge >= 0.3 is 0 Å². The quantitative estimate of drug-likeness (QED) is 0.381. The number of carbonyl (C=O) groups is 1. The fraction of sp³-hybridized carbons (Fsp3) is 0.531. The number of hydrogen-bond donors (Lipinski definition) is 1. The second-order valence-electron chi connectivity index (χ2n) is 10.4. The number of carbonyl (C=O) groups excluding carboxylic acids is 1. The molecular formula is C32H47NO. The van der Waals surface area contributed by atoms with Gasteiger partial charge in [0.05, 0.1) is 0 Å². The van der Waals surface area contributed by atoms with E-state index in [-0.39, 0.29) is 7.21 Å². The number of benzene rings is 2. The van der Waals surface area contributed by atoms with E-state index in [0.29, 0.717) is 12.3 Å². The summed E-state index contributed by atoms with van der Waals surface area (Å²) in [6.45, 7) is 12.5. The van der Waals surface area contributed by atoms with Gasteiger partial charge in [0.1, 0.15) is 0 Å². The number of Topliss-reactive ketones (excluding diaryl/α,β-unsaturated/α-hetero) is 1. The summed E-state index contributed by atoms with van der Waals surface area (Å²) in [7, 11) is 0. The van der Waals surface area contributed by atoms with Gasteiger partial charge in [-0.05, 0) is 72.2 Å². The van der Waals surface area contributed by atoms with Crippen molar-refractivity contribution in [2.45, 2.75) is 85.1 Å². The van der Waals surface area contributed by atoms with Crippen LogP contribution < -0.4 is 5.32 Å². The first-order valence-electron chi connectivity index (χ1n) is 13.6. The summed E-state index contributed by atoms with van der Waals surface area (Å²) in [6, 6.07) is 14.7. The molecule has 2 aromatic rings. The number of nitrogens with one attached hydrogen (secondary N) is 1. The molecule has 2 aliphatic carbocycles. The monoisotopic (exact) mass is 461 g/mol. The van der Waals surface area contributed by atoms with E-state index in [2.05, 4.69) is 50.9 Å². The highest BCUT2D eigenvalue weighted by atomic mass is 16.1. The first kappa shape index (κ1) is 26.4. The Morgan fingerprint density at radius 3 is 2.50 bits per heavy atom. The zero-order valence-electron chi connectivity index (χ0n) is 21.7. The Bertz CT molecular complexity index is 920. The molecule has 0 heterocycles. The van der Waals surface area contributed by atoms with E-state index in [1.165, 1.54) is 48.8 Å². The number of fused-ring (bicyclic) bond motifs is 1. The zero-order chi connectivity index (χ0) is 24.3. The molecule has 2 aromatic carbocycles. The van der Waals surface area contributed by atoms with Gasteiger partial charge < -0.3 is 5.32 Å². The predicted molar refractivity (Wildman–Crippen MR) is 148 cm³/mol. The smallest absolute Gasteiger partial charge is 0.162 e. The molecule has 0 aliphatic heterocycles. The van der Waals surface area contributed by atoms with Crippen LogP contribution in [0.15, 0.2) is 49.0 Å². The van der Waals surface area contributed by atoms with Crippen molar-refractivity contribution in [2.75, 3.05) is 6.54 Å². The van der Waals surface area contributed by atoms with Crippen LogP contribution in [0.2, 0.25) is 0 Å². The largest absolute Gasteiger partial charge is 0.313 e. The summed E-state index contributed by atoms with van der Waals surface area (Å²) >= 11 is 0. The molecule has 186 valence electrons. The fourth-order valence-corrected chi connectivity index (χ4v) is 5.62. The van der Waals surface area contributed by atoms with E-state index in [9.17, 15) is 4.79 Å². The minimum Gasteiger partial charge on any atom is -0.313 e. The van der Waals surface area contributed by atoms with Crippen LogP contribution in [-0.2, 0) is 19.4 Å². The lowest BCUT2D eigenvalue weighted by molar-refractivity contribution is 0.0972. The van der Waals surface area contributed by atoms with Crippen molar-refractivity contribution in [3.05, 3.63) is 76.9 Å². The molecule has 0 amide bonds. The summed E-state index contributed by atoms with van der Waals surface area (Å²) in [5.41, 5.74) is 6.23. The summed E-state index contributed by atoms with van der Waals surface area (Å²) in [4.78, 5) is 12.4. The van der Waals surface area contributed by atoms with E-state index in [1.54, 1.807) is 6.08 Å². The molecule has 4 rings (SSSR count). The first-order valence-corrected chi connectivity index (χ1v) is 13.6. The minimum absolute atomic E-state index is 0. The molecule has 1 unspecified atom stereocenters. The van der Waals surface area contributed by atoms with Crippen LogP contribution in [-0.4, -0.2) is 12.3 Å². The molecule has 3 atom stereocenters. The molecule has 2 nitrogen and oxygen atoms in total. The molecule has 2 heteroatoms. The second-order valence-corrected chi connectivity index (χ2v) is 10.4. The SMILES string of the molecule is C=Cc1ccc(C(=O)CC[C@H]2CCc3cc(CNCC)ccc3C2)cc1.CC[C@@H]1CCCC1C.[HH]. The van der Waals surface area contributed by atoms with Crippen LogP contribution >= 0.6 is 0 Å². The van der Waals surface area contributed by atoms with Crippen molar-refractivity contribution in [3.63, 3.8) is 0 Å². The van der Waals surface area contributed by atoms with Gasteiger partial charge in [-0.15, -0.1) is 0 Å². The maximum atomic E-state index is 12.4. The van der Waals surface area contributed by atoms with Gasteiger partial charge in [0.2, 0.25) is 0 Å². The van der Waals surface area contributed by atoms with Crippen LogP contribution in [0.3, 0.4) is 0 Å². The summed E-state index contributed by atoms with van der Waals surface area (Å²) in [6.07, 6.45) is 12.8. The van der Waals surface area contributed by atoms with Gasteiger partial charge in [-0.3, -0.25) is 4.79 Å².